The Balaban J connectivity index is 2.17. The van der Waals surface area contributed by atoms with Crippen molar-refractivity contribution >= 4 is 5.82 Å². The molecule has 0 amide bonds. The molecule has 1 aliphatic heterocycles. The minimum Gasteiger partial charge on any atom is -0.350 e. The lowest BCUT2D eigenvalue weighted by molar-refractivity contribution is 0.269. The number of nitrogens with two attached hydrogens (primary N) is 1. The monoisotopic (exact) mass is 231 g/mol. The fourth-order valence-electron chi connectivity index (χ4n) is 2.14. The standard InChI is InChI=1S/C12H17N5/c1-16-4-5-17(11(7-14)9-16)12-3-2-10(6-13)8-15-12/h2-3,8,11H,4-5,7,9,14H2,1H3. The van der Waals surface area contributed by atoms with Crippen LogP contribution in [0.15, 0.2) is 18.3 Å². The molecule has 1 atom stereocenters. The molecule has 1 aromatic rings. The average molecular weight is 231 g/mol. The highest BCUT2D eigenvalue weighted by molar-refractivity contribution is 5.43. The Morgan fingerprint density at radius 2 is 2.35 bits per heavy atom. The van der Waals surface area contributed by atoms with E-state index in [1.54, 1.807) is 12.3 Å². The van der Waals surface area contributed by atoms with Gasteiger partial charge < -0.3 is 15.5 Å². The predicted octanol–water partition coefficient (Wildman–Crippen LogP) is 0.0324. The van der Waals surface area contributed by atoms with Crippen LogP contribution in [0.1, 0.15) is 5.56 Å². The lowest BCUT2D eigenvalue weighted by Crippen LogP contribution is -2.55. The van der Waals surface area contributed by atoms with E-state index in [-0.39, 0.29) is 0 Å². The second-order valence-corrected chi connectivity index (χ2v) is 4.36. The van der Waals surface area contributed by atoms with Crippen molar-refractivity contribution < 1.29 is 0 Å². The zero-order valence-corrected chi connectivity index (χ0v) is 10.0. The third kappa shape index (κ3) is 2.54. The SMILES string of the molecule is CN1CCN(c2ccc(C#N)cn2)C(CN)C1. The van der Waals surface area contributed by atoms with Gasteiger partial charge in [-0.25, -0.2) is 4.98 Å². The number of anilines is 1. The second kappa shape index (κ2) is 5.13. The Hall–Kier alpha value is -1.64. The summed E-state index contributed by atoms with van der Waals surface area (Å²) in [4.78, 5) is 8.82. The van der Waals surface area contributed by atoms with Crippen LogP contribution in [0, 0.1) is 11.3 Å². The number of pyridine rings is 1. The maximum atomic E-state index is 8.74. The molecular weight excluding hydrogens is 214 g/mol. The van der Waals surface area contributed by atoms with Gasteiger partial charge in [-0.15, -0.1) is 0 Å². The molecule has 5 nitrogen and oxygen atoms in total. The van der Waals surface area contributed by atoms with Crippen LogP contribution in [0.4, 0.5) is 5.82 Å². The van der Waals surface area contributed by atoms with Crippen molar-refractivity contribution in [3.8, 4) is 6.07 Å². The largest absolute Gasteiger partial charge is 0.350 e. The lowest BCUT2D eigenvalue weighted by atomic mass is 10.1. The fraction of sp³-hybridized carbons (Fsp3) is 0.500. The van der Waals surface area contributed by atoms with E-state index in [9.17, 15) is 0 Å². The number of rotatable bonds is 2. The molecule has 90 valence electrons. The van der Waals surface area contributed by atoms with Gasteiger partial charge in [0.15, 0.2) is 0 Å². The molecule has 0 bridgehead atoms. The van der Waals surface area contributed by atoms with Gasteiger partial charge >= 0.3 is 0 Å². The van der Waals surface area contributed by atoms with Crippen molar-refractivity contribution in [1.82, 2.24) is 9.88 Å². The van der Waals surface area contributed by atoms with Crippen LogP contribution in [0.25, 0.3) is 0 Å². The molecule has 1 aromatic heterocycles. The molecule has 1 unspecified atom stereocenters. The Labute approximate surface area is 101 Å². The molecule has 1 fully saturated rings. The molecule has 0 spiro atoms. The minimum atomic E-state index is 0.300. The normalized spacial score (nSPS) is 21.2. The Bertz CT molecular complexity index is 408. The summed E-state index contributed by atoms with van der Waals surface area (Å²) in [5.41, 5.74) is 6.39. The number of piperazine rings is 1. The van der Waals surface area contributed by atoms with Crippen molar-refractivity contribution in [3.05, 3.63) is 23.9 Å². The van der Waals surface area contributed by atoms with Crippen LogP contribution in [0.2, 0.25) is 0 Å². The van der Waals surface area contributed by atoms with E-state index in [4.69, 9.17) is 11.0 Å². The minimum absolute atomic E-state index is 0.300. The summed E-state index contributed by atoms with van der Waals surface area (Å²) in [5.74, 6) is 0.910. The van der Waals surface area contributed by atoms with E-state index < -0.39 is 0 Å². The average Bonchev–Trinajstić information content (AvgIpc) is 2.39. The number of nitriles is 1. The van der Waals surface area contributed by atoms with Crippen molar-refractivity contribution in [2.75, 3.05) is 38.1 Å². The summed E-state index contributed by atoms with van der Waals surface area (Å²) in [7, 11) is 2.10. The van der Waals surface area contributed by atoms with Gasteiger partial charge in [0.05, 0.1) is 11.6 Å². The van der Waals surface area contributed by atoms with Gasteiger partial charge in [-0.1, -0.05) is 0 Å². The Kier molecular flexibility index (Phi) is 3.57. The van der Waals surface area contributed by atoms with E-state index in [0.29, 0.717) is 18.2 Å². The zero-order valence-electron chi connectivity index (χ0n) is 10.0. The van der Waals surface area contributed by atoms with Crippen LogP contribution in [0.3, 0.4) is 0 Å². The quantitative estimate of drug-likeness (QED) is 0.778. The summed E-state index contributed by atoms with van der Waals surface area (Å²) >= 11 is 0. The molecule has 0 aromatic carbocycles. The molecule has 0 saturated carbocycles. The van der Waals surface area contributed by atoms with Gasteiger partial charge in [-0.3, -0.25) is 0 Å². The molecule has 1 saturated heterocycles. The van der Waals surface area contributed by atoms with Crippen LogP contribution in [0.5, 0.6) is 0 Å². The van der Waals surface area contributed by atoms with Gasteiger partial charge in [0.1, 0.15) is 11.9 Å². The summed E-state index contributed by atoms with van der Waals surface area (Å²) in [6.45, 7) is 3.51. The first-order valence-electron chi connectivity index (χ1n) is 5.76. The van der Waals surface area contributed by atoms with Gasteiger partial charge in [0.2, 0.25) is 0 Å². The van der Waals surface area contributed by atoms with E-state index in [1.807, 2.05) is 6.07 Å². The fourth-order valence-corrected chi connectivity index (χ4v) is 2.14. The van der Waals surface area contributed by atoms with Gasteiger partial charge in [0.25, 0.3) is 0 Å². The van der Waals surface area contributed by atoms with E-state index in [0.717, 1.165) is 25.5 Å². The first-order chi connectivity index (χ1) is 8.24. The molecule has 0 aliphatic carbocycles. The van der Waals surface area contributed by atoms with Gasteiger partial charge in [0, 0.05) is 32.4 Å². The van der Waals surface area contributed by atoms with Gasteiger partial charge in [-0.2, -0.15) is 5.26 Å². The van der Waals surface area contributed by atoms with Crippen molar-refractivity contribution in [2.45, 2.75) is 6.04 Å². The number of hydrogen-bond acceptors (Lipinski definition) is 5. The molecule has 17 heavy (non-hydrogen) atoms. The molecule has 1 aliphatic rings. The van der Waals surface area contributed by atoms with Crippen LogP contribution in [-0.2, 0) is 0 Å². The number of likely N-dealkylation sites (N-methyl/N-ethyl adjacent to an activating group) is 1. The highest BCUT2D eigenvalue weighted by atomic mass is 15.3. The summed E-state index contributed by atoms with van der Waals surface area (Å²) in [6, 6.07) is 6.07. The third-order valence-electron chi connectivity index (χ3n) is 3.13. The lowest BCUT2D eigenvalue weighted by Gasteiger charge is -2.40. The highest BCUT2D eigenvalue weighted by Gasteiger charge is 2.24. The van der Waals surface area contributed by atoms with E-state index in [1.165, 1.54) is 0 Å². The van der Waals surface area contributed by atoms with Gasteiger partial charge in [-0.05, 0) is 19.2 Å². The van der Waals surface area contributed by atoms with Crippen LogP contribution in [-0.4, -0.2) is 49.2 Å². The maximum absolute atomic E-state index is 8.74. The maximum Gasteiger partial charge on any atom is 0.128 e. The molecule has 0 radical (unpaired) electrons. The number of nitrogens with zero attached hydrogens (tertiary/aromatic N) is 4. The van der Waals surface area contributed by atoms with Crippen LogP contribution < -0.4 is 10.6 Å². The molecular formula is C12H17N5. The second-order valence-electron chi connectivity index (χ2n) is 4.36. The first-order valence-corrected chi connectivity index (χ1v) is 5.76. The van der Waals surface area contributed by atoms with Crippen LogP contribution >= 0.6 is 0 Å². The summed E-state index contributed by atoms with van der Waals surface area (Å²) in [5, 5.41) is 8.74. The third-order valence-corrected chi connectivity index (χ3v) is 3.13. The molecule has 2 N–H and O–H groups in total. The first kappa shape index (κ1) is 11.8. The van der Waals surface area contributed by atoms with E-state index in [2.05, 4.69) is 27.9 Å². The highest BCUT2D eigenvalue weighted by Crippen LogP contribution is 2.17. The topological polar surface area (TPSA) is 69.2 Å². The smallest absolute Gasteiger partial charge is 0.128 e. The molecule has 2 heterocycles. The Morgan fingerprint density at radius 1 is 1.53 bits per heavy atom. The van der Waals surface area contributed by atoms with Crippen molar-refractivity contribution in [2.24, 2.45) is 5.73 Å². The predicted molar refractivity (Wildman–Crippen MR) is 66.6 cm³/mol. The number of aromatic nitrogens is 1. The van der Waals surface area contributed by atoms with E-state index >= 15 is 0 Å². The zero-order chi connectivity index (χ0) is 12.3. The molecule has 2 rings (SSSR count). The molecule has 5 heteroatoms. The summed E-state index contributed by atoms with van der Waals surface area (Å²) < 4.78 is 0. The Morgan fingerprint density at radius 3 is 2.94 bits per heavy atom. The summed E-state index contributed by atoms with van der Waals surface area (Å²) in [6.07, 6.45) is 1.61. The number of hydrogen-bond donors (Lipinski definition) is 1. The van der Waals surface area contributed by atoms with Crippen molar-refractivity contribution in [3.63, 3.8) is 0 Å². The van der Waals surface area contributed by atoms with Crippen molar-refractivity contribution in [1.29, 1.82) is 5.26 Å².